The molecule has 0 heterocycles. The fourth-order valence-corrected chi connectivity index (χ4v) is 5.82. The van der Waals surface area contributed by atoms with Gasteiger partial charge in [-0.15, -0.1) is 0 Å². The van der Waals surface area contributed by atoms with Crippen LogP contribution in [0.5, 0.6) is 0 Å². The summed E-state index contributed by atoms with van der Waals surface area (Å²) in [6, 6.07) is 0. The lowest BCUT2D eigenvalue weighted by Crippen LogP contribution is -2.60. The Morgan fingerprint density at radius 3 is 2.30 bits per heavy atom. The van der Waals surface area contributed by atoms with Gasteiger partial charge >= 0.3 is 27.3 Å². The molecule has 0 spiro atoms. The average Bonchev–Trinajstić information content (AvgIpc) is 2.51. The van der Waals surface area contributed by atoms with Gasteiger partial charge in [-0.25, -0.2) is 4.79 Å². The fourth-order valence-electron chi connectivity index (χ4n) is 5.36. The van der Waals surface area contributed by atoms with Crippen molar-refractivity contribution in [2.45, 2.75) is 62.4 Å². The van der Waals surface area contributed by atoms with E-state index in [9.17, 15) is 26.8 Å². The van der Waals surface area contributed by atoms with Gasteiger partial charge in [0.2, 0.25) is 0 Å². The molecule has 1 N–H and O–H groups in total. The van der Waals surface area contributed by atoms with Crippen LogP contribution in [0.1, 0.15) is 45.4 Å². The average molecular weight is 408 g/mol. The number of ether oxygens (including phenoxy) is 2. The summed E-state index contributed by atoms with van der Waals surface area (Å²) < 4.78 is 68.3. The number of rotatable bonds is 6. The lowest BCUT2D eigenvalue weighted by molar-refractivity contribution is -0.215. The minimum atomic E-state index is -5.73. The highest BCUT2D eigenvalue weighted by Crippen LogP contribution is 2.63. The standard InChI is InChI=1S/C17H22F2O7S/c1-3-13(20)26-16-7-11-4-12(8-16)6-15(5-11,9-16)14(21)25-10(2)17(18,19)27(22,23)24/h3,10-12H,1,4-9H2,2H3,(H,22,23,24). The highest BCUT2D eigenvalue weighted by Gasteiger charge is 2.64. The molecule has 0 aromatic rings. The van der Waals surface area contributed by atoms with Crippen molar-refractivity contribution in [1.29, 1.82) is 0 Å². The van der Waals surface area contributed by atoms with Gasteiger partial charge in [-0.1, -0.05) is 6.58 Å². The van der Waals surface area contributed by atoms with Crippen LogP contribution in [0.3, 0.4) is 0 Å². The third kappa shape index (κ3) is 3.37. The Morgan fingerprint density at radius 1 is 1.26 bits per heavy atom. The molecule has 3 atom stereocenters. The molecule has 0 saturated heterocycles. The third-order valence-corrected chi connectivity index (χ3v) is 7.04. The first-order valence-corrected chi connectivity index (χ1v) is 10.2. The monoisotopic (exact) mass is 408 g/mol. The third-order valence-electron chi connectivity index (χ3n) is 6.03. The second-order valence-electron chi connectivity index (χ2n) is 8.13. The van der Waals surface area contributed by atoms with E-state index in [1.54, 1.807) is 0 Å². The van der Waals surface area contributed by atoms with Crippen molar-refractivity contribution in [3.8, 4) is 0 Å². The summed E-state index contributed by atoms with van der Waals surface area (Å²) in [5.74, 6) is -1.36. The molecule has 4 bridgehead atoms. The molecular formula is C17H22F2O7S. The normalized spacial score (nSPS) is 36.1. The lowest BCUT2D eigenvalue weighted by Gasteiger charge is -2.59. The quantitative estimate of drug-likeness (QED) is 0.409. The Kier molecular flexibility index (Phi) is 4.66. The fraction of sp³-hybridized carbons (Fsp3) is 0.765. The summed E-state index contributed by atoms with van der Waals surface area (Å²) in [4.78, 5) is 24.5. The van der Waals surface area contributed by atoms with Crippen LogP contribution >= 0.6 is 0 Å². The maximum absolute atomic E-state index is 13.8. The topological polar surface area (TPSA) is 107 Å². The molecule has 7 nitrogen and oxygen atoms in total. The Hall–Kier alpha value is -1.55. The number of esters is 2. The van der Waals surface area contributed by atoms with Crippen LogP contribution in [0, 0.1) is 17.3 Å². The second-order valence-corrected chi connectivity index (χ2v) is 9.63. The van der Waals surface area contributed by atoms with E-state index in [0.29, 0.717) is 25.7 Å². The van der Waals surface area contributed by atoms with E-state index < -0.39 is 44.4 Å². The first-order valence-electron chi connectivity index (χ1n) is 8.74. The summed E-state index contributed by atoms with van der Waals surface area (Å²) >= 11 is 0. The molecule has 0 radical (unpaired) electrons. The van der Waals surface area contributed by atoms with Crippen LogP contribution in [0.25, 0.3) is 0 Å². The van der Waals surface area contributed by atoms with Gasteiger partial charge in [-0.2, -0.15) is 17.2 Å². The van der Waals surface area contributed by atoms with Crippen molar-refractivity contribution in [3.63, 3.8) is 0 Å². The van der Waals surface area contributed by atoms with E-state index in [2.05, 4.69) is 6.58 Å². The molecule has 27 heavy (non-hydrogen) atoms. The predicted molar refractivity (Wildman–Crippen MR) is 88.2 cm³/mol. The highest BCUT2D eigenvalue weighted by molar-refractivity contribution is 7.86. The molecule has 4 saturated carbocycles. The minimum Gasteiger partial charge on any atom is -0.456 e. The van der Waals surface area contributed by atoms with Gasteiger partial charge in [0.1, 0.15) is 5.60 Å². The van der Waals surface area contributed by atoms with Crippen molar-refractivity contribution in [2.24, 2.45) is 17.3 Å². The van der Waals surface area contributed by atoms with Crippen molar-refractivity contribution >= 4 is 22.1 Å². The lowest BCUT2D eigenvalue weighted by atomic mass is 9.48. The largest absolute Gasteiger partial charge is 0.456 e. The first kappa shape index (κ1) is 20.2. The number of alkyl halides is 2. The van der Waals surface area contributed by atoms with E-state index in [0.717, 1.165) is 19.4 Å². The van der Waals surface area contributed by atoms with Crippen LogP contribution in [0.4, 0.5) is 8.78 Å². The van der Waals surface area contributed by atoms with Crippen molar-refractivity contribution in [2.75, 3.05) is 0 Å². The molecule has 0 aromatic carbocycles. The van der Waals surface area contributed by atoms with Gasteiger partial charge in [0.25, 0.3) is 0 Å². The Balaban J connectivity index is 1.82. The van der Waals surface area contributed by atoms with Gasteiger partial charge in [0, 0.05) is 12.5 Å². The van der Waals surface area contributed by atoms with Crippen LogP contribution < -0.4 is 0 Å². The van der Waals surface area contributed by atoms with Crippen LogP contribution in [0.2, 0.25) is 0 Å². The molecule has 0 amide bonds. The van der Waals surface area contributed by atoms with Gasteiger partial charge in [0.05, 0.1) is 5.41 Å². The van der Waals surface area contributed by atoms with Gasteiger partial charge < -0.3 is 9.47 Å². The molecule has 4 rings (SSSR count). The predicted octanol–water partition coefficient (Wildman–Crippen LogP) is 2.47. The Labute approximate surface area is 155 Å². The van der Waals surface area contributed by atoms with Crippen molar-refractivity contribution in [1.82, 2.24) is 0 Å². The zero-order chi connectivity index (χ0) is 20.3. The zero-order valence-electron chi connectivity index (χ0n) is 14.8. The van der Waals surface area contributed by atoms with Crippen LogP contribution in [0.15, 0.2) is 12.7 Å². The highest BCUT2D eigenvalue weighted by atomic mass is 32.2. The molecule has 0 aromatic heterocycles. The van der Waals surface area contributed by atoms with Crippen LogP contribution in [-0.2, 0) is 29.2 Å². The summed E-state index contributed by atoms with van der Waals surface area (Å²) in [5, 5.41) is -4.61. The zero-order valence-corrected chi connectivity index (χ0v) is 15.6. The summed E-state index contributed by atoms with van der Waals surface area (Å²) in [6.07, 6.45) is 1.72. The molecule has 0 aliphatic heterocycles. The maximum Gasteiger partial charge on any atom is 0.405 e. The molecule has 10 heteroatoms. The molecule has 4 fully saturated rings. The number of hydrogen-bond acceptors (Lipinski definition) is 6. The maximum atomic E-state index is 13.8. The molecule has 152 valence electrons. The van der Waals surface area contributed by atoms with Gasteiger partial charge in [0.15, 0.2) is 6.10 Å². The summed E-state index contributed by atoms with van der Waals surface area (Å²) in [5.41, 5.74) is -1.96. The Bertz CT molecular complexity index is 762. The second kappa shape index (κ2) is 6.23. The van der Waals surface area contributed by atoms with E-state index in [1.807, 2.05) is 0 Å². The smallest absolute Gasteiger partial charge is 0.405 e. The molecule has 3 unspecified atom stereocenters. The SMILES string of the molecule is C=CC(=O)OC12CC3CC(C1)CC(C(=O)OC(C)C(F)(F)S(=O)(=O)O)(C3)C2. The van der Waals surface area contributed by atoms with E-state index in [4.69, 9.17) is 14.0 Å². The van der Waals surface area contributed by atoms with E-state index >= 15 is 0 Å². The Morgan fingerprint density at radius 2 is 1.81 bits per heavy atom. The molecular weight excluding hydrogens is 386 g/mol. The van der Waals surface area contributed by atoms with E-state index in [1.165, 1.54) is 0 Å². The minimum absolute atomic E-state index is 0.0915. The summed E-state index contributed by atoms with van der Waals surface area (Å²) in [6.45, 7) is 4.09. The first-order chi connectivity index (χ1) is 12.3. The number of carbonyl (C=O) groups excluding carboxylic acids is 2. The summed E-state index contributed by atoms with van der Waals surface area (Å²) in [7, 11) is -5.73. The van der Waals surface area contributed by atoms with E-state index in [-0.39, 0.29) is 18.3 Å². The van der Waals surface area contributed by atoms with Gasteiger partial charge in [-0.05, 0) is 50.9 Å². The number of hydrogen-bond donors (Lipinski definition) is 1. The molecule has 4 aliphatic rings. The van der Waals surface area contributed by atoms with Crippen LogP contribution in [-0.4, -0.2) is 41.9 Å². The van der Waals surface area contributed by atoms with Gasteiger partial charge in [-0.3, -0.25) is 9.35 Å². The van der Waals surface area contributed by atoms with Crippen molar-refractivity contribution in [3.05, 3.63) is 12.7 Å². The molecule has 4 aliphatic carbocycles. The van der Waals surface area contributed by atoms with Crippen molar-refractivity contribution < 1.29 is 40.8 Å². The number of carbonyl (C=O) groups is 2. The number of halogens is 2.